The summed E-state index contributed by atoms with van der Waals surface area (Å²) in [5.41, 5.74) is 2.00. The SMILES string of the molecule is CCC(=O)N1c2ccccc2-c2c(=O)[nH]c(SC)n[n+]2C1c1cc(Cl)ccc1OC. The van der Waals surface area contributed by atoms with Crippen LogP contribution in [0.4, 0.5) is 5.69 Å². The number of hydrogen-bond donors (Lipinski definition) is 1. The third-order valence-corrected chi connectivity index (χ3v) is 5.80. The smallest absolute Gasteiger partial charge is 0.325 e. The molecule has 2 aromatic carbocycles. The fourth-order valence-corrected chi connectivity index (χ4v) is 4.24. The maximum Gasteiger partial charge on any atom is 0.325 e. The van der Waals surface area contributed by atoms with Crippen LogP contribution in [0.15, 0.2) is 52.4 Å². The highest BCUT2D eigenvalue weighted by Gasteiger charge is 2.46. The minimum Gasteiger partial charge on any atom is -0.496 e. The van der Waals surface area contributed by atoms with Gasteiger partial charge in [0.25, 0.3) is 6.17 Å². The Kier molecular flexibility index (Phi) is 5.53. The van der Waals surface area contributed by atoms with Crippen molar-refractivity contribution in [2.45, 2.75) is 24.7 Å². The number of fused-ring (bicyclic) bond motifs is 3. The molecule has 0 bridgehead atoms. The first-order chi connectivity index (χ1) is 14.5. The number of aromatic nitrogens is 3. The molecule has 1 aliphatic rings. The second kappa shape index (κ2) is 8.12. The van der Waals surface area contributed by atoms with Gasteiger partial charge in [-0.05, 0) is 41.3 Å². The summed E-state index contributed by atoms with van der Waals surface area (Å²) >= 11 is 7.63. The van der Waals surface area contributed by atoms with Crippen molar-refractivity contribution in [2.75, 3.05) is 18.3 Å². The molecule has 0 spiro atoms. The fourth-order valence-electron chi connectivity index (χ4n) is 3.69. The van der Waals surface area contributed by atoms with E-state index < -0.39 is 6.17 Å². The molecule has 1 aromatic heterocycles. The standard InChI is InChI=1S/C21H19ClN4O3S/c1-4-17(27)25-15-8-6-5-7-13(15)18-19(28)23-21(30-3)24-26(18)20(25)14-11-12(22)9-10-16(14)29-2/h5-11,20H,4H2,1-3H3/p+1. The van der Waals surface area contributed by atoms with E-state index in [9.17, 15) is 9.59 Å². The van der Waals surface area contributed by atoms with Crippen LogP contribution < -0.4 is 19.9 Å². The van der Waals surface area contributed by atoms with Gasteiger partial charge in [0.1, 0.15) is 5.75 Å². The zero-order valence-electron chi connectivity index (χ0n) is 16.7. The molecule has 0 aliphatic carbocycles. The Hall–Kier alpha value is -2.84. The highest BCUT2D eigenvalue weighted by atomic mass is 35.5. The molecule has 1 N–H and O–H groups in total. The molecule has 0 radical (unpaired) electrons. The molecule has 0 saturated heterocycles. The quantitative estimate of drug-likeness (QED) is 0.493. The van der Waals surface area contributed by atoms with E-state index in [1.165, 1.54) is 11.8 Å². The molecule has 2 heterocycles. The minimum absolute atomic E-state index is 0.111. The number of aromatic amines is 1. The average Bonchev–Trinajstić information content (AvgIpc) is 2.77. The van der Waals surface area contributed by atoms with Crippen LogP contribution in [0.1, 0.15) is 25.1 Å². The van der Waals surface area contributed by atoms with Gasteiger partial charge in [0.05, 0.1) is 23.9 Å². The van der Waals surface area contributed by atoms with Gasteiger partial charge >= 0.3 is 11.3 Å². The molecular formula is C21H20ClN4O3S+. The number of ether oxygens (including phenoxy) is 1. The summed E-state index contributed by atoms with van der Waals surface area (Å²) in [6, 6.07) is 12.5. The number of thioether (sulfide) groups is 1. The lowest BCUT2D eigenvalue weighted by molar-refractivity contribution is -0.763. The Morgan fingerprint density at radius 1 is 1.33 bits per heavy atom. The van der Waals surface area contributed by atoms with Gasteiger partial charge < -0.3 is 4.74 Å². The van der Waals surface area contributed by atoms with E-state index in [1.54, 1.807) is 41.8 Å². The number of anilines is 1. The van der Waals surface area contributed by atoms with Crippen LogP contribution in [0.5, 0.6) is 5.75 Å². The number of nitrogens with one attached hydrogen (secondary N) is 1. The number of carbonyl (C=O) groups excluding carboxylic acids is 1. The largest absolute Gasteiger partial charge is 0.496 e. The number of benzene rings is 2. The molecule has 1 unspecified atom stereocenters. The summed E-state index contributed by atoms with van der Waals surface area (Å²) in [5.74, 6) is 0.435. The summed E-state index contributed by atoms with van der Waals surface area (Å²) < 4.78 is 7.17. The Labute approximate surface area is 182 Å². The van der Waals surface area contributed by atoms with Crippen LogP contribution >= 0.6 is 23.4 Å². The molecule has 4 rings (SSSR count). The first-order valence-electron chi connectivity index (χ1n) is 9.35. The lowest BCUT2D eigenvalue weighted by atomic mass is 10.0. The second-order valence-corrected chi connectivity index (χ2v) is 7.88. The number of methoxy groups -OCH3 is 1. The molecule has 1 aliphatic heterocycles. The zero-order valence-corrected chi connectivity index (χ0v) is 18.3. The third kappa shape index (κ3) is 3.26. The summed E-state index contributed by atoms with van der Waals surface area (Å²) in [6.07, 6.45) is 1.37. The molecule has 0 fully saturated rings. The van der Waals surface area contributed by atoms with Crippen molar-refractivity contribution in [3.8, 4) is 17.0 Å². The first kappa shape index (κ1) is 20.4. The van der Waals surface area contributed by atoms with E-state index in [1.807, 2.05) is 30.5 Å². The predicted octanol–water partition coefficient (Wildman–Crippen LogP) is 3.41. The van der Waals surface area contributed by atoms with Gasteiger partial charge in [-0.1, -0.05) is 42.4 Å². The van der Waals surface area contributed by atoms with Crippen LogP contribution in [-0.2, 0) is 4.79 Å². The highest BCUT2D eigenvalue weighted by molar-refractivity contribution is 7.98. The number of rotatable bonds is 4. The van der Waals surface area contributed by atoms with Crippen molar-refractivity contribution in [3.63, 3.8) is 0 Å². The topological polar surface area (TPSA) is 79.2 Å². The van der Waals surface area contributed by atoms with Crippen molar-refractivity contribution >= 4 is 35.0 Å². The highest BCUT2D eigenvalue weighted by Crippen LogP contribution is 2.40. The monoisotopic (exact) mass is 443 g/mol. The van der Waals surface area contributed by atoms with Crippen molar-refractivity contribution < 1.29 is 14.2 Å². The van der Waals surface area contributed by atoms with Gasteiger partial charge in [0.15, 0.2) is 0 Å². The van der Waals surface area contributed by atoms with Crippen LogP contribution in [-0.4, -0.2) is 29.4 Å². The van der Waals surface area contributed by atoms with Gasteiger partial charge in [-0.2, -0.15) is 0 Å². The number of para-hydroxylation sites is 1. The van der Waals surface area contributed by atoms with Gasteiger partial charge in [-0.15, -0.1) is 0 Å². The Morgan fingerprint density at radius 2 is 2.10 bits per heavy atom. The number of nitrogens with zero attached hydrogens (tertiary/aromatic N) is 3. The molecule has 0 saturated carbocycles. The number of carbonyl (C=O) groups is 1. The molecule has 7 nitrogen and oxygen atoms in total. The number of hydrogen-bond acceptors (Lipinski definition) is 5. The van der Waals surface area contributed by atoms with Gasteiger partial charge in [-0.3, -0.25) is 14.6 Å². The number of amides is 1. The van der Waals surface area contributed by atoms with Crippen molar-refractivity contribution in [2.24, 2.45) is 0 Å². The molecule has 3 aromatic rings. The maximum absolute atomic E-state index is 13.2. The average molecular weight is 444 g/mol. The summed E-state index contributed by atoms with van der Waals surface area (Å²) in [6.45, 7) is 1.80. The van der Waals surface area contributed by atoms with E-state index in [2.05, 4.69) is 10.1 Å². The lowest BCUT2D eigenvalue weighted by Gasteiger charge is -2.32. The van der Waals surface area contributed by atoms with E-state index in [0.29, 0.717) is 38.4 Å². The Bertz CT molecular complexity index is 1200. The van der Waals surface area contributed by atoms with Crippen LogP contribution in [0, 0.1) is 0 Å². The van der Waals surface area contributed by atoms with Crippen LogP contribution in [0.2, 0.25) is 5.02 Å². The number of H-pyrrole nitrogens is 1. The van der Waals surface area contributed by atoms with E-state index in [4.69, 9.17) is 16.3 Å². The van der Waals surface area contributed by atoms with Gasteiger partial charge in [0.2, 0.25) is 11.1 Å². The van der Waals surface area contributed by atoms with Crippen LogP contribution in [0.3, 0.4) is 0 Å². The normalized spacial score (nSPS) is 14.8. The fraction of sp³-hybridized carbons (Fsp3) is 0.238. The van der Waals surface area contributed by atoms with Gasteiger partial charge in [0, 0.05) is 16.5 Å². The summed E-state index contributed by atoms with van der Waals surface area (Å²) in [5, 5.41) is 5.59. The summed E-state index contributed by atoms with van der Waals surface area (Å²) in [4.78, 5) is 30.7. The van der Waals surface area contributed by atoms with Crippen molar-refractivity contribution in [1.82, 2.24) is 10.1 Å². The molecule has 154 valence electrons. The molecule has 9 heteroatoms. The number of halogens is 1. The zero-order chi connectivity index (χ0) is 21.4. The molecule has 30 heavy (non-hydrogen) atoms. The first-order valence-corrected chi connectivity index (χ1v) is 11.0. The van der Waals surface area contributed by atoms with Gasteiger partial charge in [-0.25, -0.2) is 4.90 Å². The van der Waals surface area contributed by atoms with E-state index >= 15 is 0 Å². The molecule has 1 amide bonds. The van der Waals surface area contributed by atoms with E-state index in [-0.39, 0.29) is 17.9 Å². The van der Waals surface area contributed by atoms with E-state index in [0.717, 1.165) is 0 Å². The lowest BCUT2D eigenvalue weighted by Crippen LogP contribution is -2.60. The van der Waals surface area contributed by atoms with Crippen molar-refractivity contribution in [1.29, 1.82) is 0 Å². The molecule has 1 atom stereocenters. The molecular weight excluding hydrogens is 424 g/mol. The Balaban J connectivity index is 2.13. The predicted molar refractivity (Wildman–Crippen MR) is 116 cm³/mol. The Morgan fingerprint density at radius 3 is 2.80 bits per heavy atom. The third-order valence-electron chi connectivity index (χ3n) is 4.99. The van der Waals surface area contributed by atoms with Crippen LogP contribution in [0.25, 0.3) is 11.3 Å². The second-order valence-electron chi connectivity index (χ2n) is 6.65. The summed E-state index contributed by atoms with van der Waals surface area (Å²) in [7, 11) is 1.56. The minimum atomic E-state index is -0.732. The maximum atomic E-state index is 13.2. The van der Waals surface area contributed by atoms with Crippen molar-refractivity contribution in [3.05, 3.63) is 63.4 Å².